The molecule has 17 heavy (non-hydrogen) atoms. The van der Waals surface area contributed by atoms with E-state index in [0.717, 1.165) is 5.56 Å². The molecule has 4 nitrogen and oxygen atoms in total. The lowest BCUT2D eigenvalue weighted by molar-refractivity contribution is -0.122. The summed E-state index contributed by atoms with van der Waals surface area (Å²) >= 11 is 0. The molecule has 0 aliphatic heterocycles. The Labute approximate surface area is 102 Å². The summed E-state index contributed by atoms with van der Waals surface area (Å²) in [4.78, 5) is 11.5. The van der Waals surface area contributed by atoms with E-state index in [4.69, 9.17) is 5.73 Å². The summed E-state index contributed by atoms with van der Waals surface area (Å²) in [5, 5.41) is 12.0. The number of aliphatic hydroxyl groups excluding tert-OH is 1. The summed E-state index contributed by atoms with van der Waals surface area (Å²) in [5.74, 6) is -0.116. The number of hydrogen-bond acceptors (Lipinski definition) is 3. The lowest BCUT2D eigenvalue weighted by Crippen LogP contribution is -2.41. The zero-order valence-corrected chi connectivity index (χ0v) is 10.1. The van der Waals surface area contributed by atoms with Gasteiger partial charge >= 0.3 is 0 Å². The Hall–Kier alpha value is -1.39. The summed E-state index contributed by atoms with van der Waals surface area (Å²) < 4.78 is 0. The van der Waals surface area contributed by atoms with Crippen molar-refractivity contribution in [3.8, 4) is 0 Å². The summed E-state index contributed by atoms with van der Waals surface area (Å²) in [5.41, 5.74) is 6.63. The van der Waals surface area contributed by atoms with Gasteiger partial charge in [0.25, 0.3) is 0 Å². The second kappa shape index (κ2) is 7.04. The van der Waals surface area contributed by atoms with Crippen molar-refractivity contribution in [2.75, 3.05) is 6.61 Å². The summed E-state index contributed by atoms with van der Waals surface area (Å²) in [6.45, 7) is 1.71. The van der Waals surface area contributed by atoms with Gasteiger partial charge in [0.15, 0.2) is 0 Å². The van der Waals surface area contributed by atoms with Crippen LogP contribution in [0.5, 0.6) is 0 Å². The molecular weight excluding hydrogens is 216 g/mol. The number of hydrogen-bond donors (Lipinski definition) is 3. The molecule has 0 saturated heterocycles. The van der Waals surface area contributed by atoms with E-state index in [1.807, 2.05) is 30.3 Å². The first-order chi connectivity index (χ1) is 8.11. The molecule has 0 heterocycles. The second-order valence-electron chi connectivity index (χ2n) is 4.32. The smallest absolute Gasteiger partial charge is 0.221 e. The van der Waals surface area contributed by atoms with Crippen molar-refractivity contribution in [1.82, 2.24) is 5.32 Å². The predicted octanol–water partition coefficient (Wildman–Crippen LogP) is 0.444. The molecule has 0 spiro atoms. The topological polar surface area (TPSA) is 75.4 Å². The van der Waals surface area contributed by atoms with Crippen LogP contribution in [0.1, 0.15) is 18.9 Å². The van der Waals surface area contributed by atoms with Gasteiger partial charge in [-0.1, -0.05) is 30.3 Å². The standard InChI is InChI=1S/C13H20N2O2/c1-10(14)7-13(17)15-12(9-16)8-11-5-3-2-4-6-11/h2-6,10,12,16H,7-9,14H2,1H3,(H,15,17)/t10?,12-/m0/s1. The van der Waals surface area contributed by atoms with Gasteiger partial charge in [0.05, 0.1) is 12.6 Å². The number of nitrogens with one attached hydrogen (secondary N) is 1. The molecule has 0 aromatic heterocycles. The monoisotopic (exact) mass is 236 g/mol. The largest absolute Gasteiger partial charge is 0.394 e. The quantitative estimate of drug-likeness (QED) is 0.671. The Bertz CT molecular complexity index is 339. The molecule has 1 unspecified atom stereocenters. The fourth-order valence-electron chi connectivity index (χ4n) is 1.64. The molecule has 0 aliphatic rings. The number of nitrogens with two attached hydrogens (primary N) is 1. The fraction of sp³-hybridized carbons (Fsp3) is 0.462. The molecule has 1 aromatic carbocycles. The van der Waals surface area contributed by atoms with E-state index in [0.29, 0.717) is 6.42 Å². The Kier molecular flexibility index (Phi) is 5.66. The number of aliphatic hydroxyl groups is 1. The maximum absolute atomic E-state index is 11.5. The number of benzene rings is 1. The van der Waals surface area contributed by atoms with Crippen molar-refractivity contribution in [2.24, 2.45) is 5.73 Å². The van der Waals surface area contributed by atoms with Gasteiger partial charge in [-0.05, 0) is 18.9 Å². The van der Waals surface area contributed by atoms with Crippen LogP contribution in [-0.2, 0) is 11.2 Å². The third-order valence-electron chi connectivity index (χ3n) is 2.42. The van der Waals surface area contributed by atoms with E-state index < -0.39 is 0 Å². The van der Waals surface area contributed by atoms with Gasteiger partial charge in [0.2, 0.25) is 5.91 Å². The highest BCUT2D eigenvalue weighted by molar-refractivity contribution is 5.76. The van der Waals surface area contributed by atoms with Crippen LogP contribution >= 0.6 is 0 Å². The van der Waals surface area contributed by atoms with Crippen LogP contribution in [0.15, 0.2) is 30.3 Å². The molecule has 4 N–H and O–H groups in total. The van der Waals surface area contributed by atoms with Gasteiger partial charge in [-0.25, -0.2) is 0 Å². The average Bonchev–Trinajstić information content (AvgIpc) is 2.28. The Morgan fingerprint density at radius 1 is 1.41 bits per heavy atom. The second-order valence-corrected chi connectivity index (χ2v) is 4.32. The first kappa shape index (κ1) is 13.7. The van der Waals surface area contributed by atoms with Crippen LogP contribution in [0.3, 0.4) is 0 Å². The number of amides is 1. The van der Waals surface area contributed by atoms with Gasteiger partial charge in [-0.3, -0.25) is 4.79 Å². The van der Waals surface area contributed by atoms with E-state index in [1.165, 1.54) is 0 Å². The maximum atomic E-state index is 11.5. The predicted molar refractivity (Wildman–Crippen MR) is 67.4 cm³/mol. The Morgan fingerprint density at radius 3 is 2.59 bits per heavy atom. The van der Waals surface area contributed by atoms with Crippen LogP contribution in [0, 0.1) is 0 Å². The molecule has 0 bridgehead atoms. The molecule has 0 aliphatic carbocycles. The Balaban J connectivity index is 2.46. The molecule has 0 fully saturated rings. The van der Waals surface area contributed by atoms with Gasteiger partial charge in [0, 0.05) is 12.5 Å². The lowest BCUT2D eigenvalue weighted by atomic mass is 10.1. The molecule has 94 valence electrons. The van der Waals surface area contributed by atoms with Gasteiger partial charge in [-0.2, -0.15) is 0 Å². The lowest BCUT2D eigenvalue weighted by Gasteiger charge is -2.17. The van der Waals surface area contributed by atoms with E-state index >= 15 is 0 Å². The van der Waals surface area contributed by atoms with Crippen LogP contribution in [0.2, 0.25) is 0 Å². The number of rotatable bonds is 6. The summed E-state index contributed by atoms with van der Waals surface area (Å²) in [6, 6.07) is 9.35. The third kappa shape index (κ3) is 5.47. The molecule has 1 rings (SSSR count). The number of carbonyl (C=O) groups excluding carboxylic acids is 1. The third-order valence-corrected chi connectivity index (χ3v) is 2.42. The maximum Gasteiger partial charge on any atom is 0.221 e. The molecule has 0 radical (unpaired) electrons. The van der Waals surface area contributed by atoms with Crippen LogP contribution < -0.4 is 11.1 Å². The minimum atomic E-state index is -0.247. The first-order valence-corrected chi connectivity index (χ1v) is 5.81. The molecular formula is C13H20N2O2. The van der Waals surface area contributed by atoms with Crippen LogP contribution in [-0.4, -0.2) is 29.7 Å². The highest BCUT2D eigenvalue weighted by Crippen LogP contribution is 2.03. The first-order valence-electron chi connectivity index (χ1n) is 5.81. The highest BCUT2D eigenvalue weighted by atomic mass is 16.3. The van der Waals surface area contributed by atoms with Gasteiger partial charge < -0.3 is 16.2 Å². The van der Waals surface area contributed by atoms with E-state index in [-0.39, 0.29) is 31.0 Å². The highest BCUT2D eigenvalue weighted by Gasteiger charge is 2.12. The van der Waals surface area contributed by atoms with Gasteiger partial charge in [0.1, 0.15) is 0 Å². The fourth-order valence-corrected chi connectivity index (χ4v) is 1.64. The Morgan fingerprint density at radius 2 is 2.06 bits per heavy atom. The van der Waals surface area contributed by atoms with Crippen molar-refractivity contribution in [2.45, 2.75) is 31.8 Å². The normalized spacial score (nSPS) is 14.1. The van der Waals surface area contributed by atoms with Crippen LogP contribution in [0.4, 0.5) is 0 Å². The number of carbonyl (C=O) groups is 1. The van der Waals surface area contributed by atoms with Crippen LogP contribution in [0.25, 0.3) is 0 Å². The minimum Gasteiger partial charge on any atom is -0.394 e. The minimum absolute atomic E-state index is 0.0699. The molecule has 0 saturated carbocycles. The van der Waals surface area contributed by atoms with E-state index in [1.54, 1.807) is 6.92 Å². The average molecular weight is 236 g/mol. The SMILES string of the molecule is CC(N)CC(=O)N[C@H](CO)Cc1ccccc1. The van der Waals surface area contributed by atoms with Crippen molar-refractivity contribution in [3.05, 3.63) is 35.9 Å². The zero-order chi connectivity index (χ0) is 12.7. The van der Waals surface area contributed by atoms with E-state index in [2.05, 4.69) is 5.32 Å². The van der Waals surface area contributed by atoms with E-state index in [9.17, 15) is 9.90 Å². The summed E-state index contributed by atoms with van der Waals surface area (Å²) in [6.07, 6.45) is 0.910. The van der Waals surface area contributed by atoms with Gasteiger partial charge in [-0.15, -0.1) is 0 Å². The zero-order valence-electron chi connectivity index (χ0n) is 10.1. The van der Waals surface area contributed by atoms with Crippen molar-refractivity contribution >= 4 is 5.91 Å². The summed E-state index contributed by atoms with van der Waals surface area (Å²) in [7, 11) is 0. The molecule has 4 heteroatoms. The molecule has 2 atom stereocenters. The van der Waals surface area contributed by atoms with Crippen molar-refractivity contribution < 1.29 is 9.90 Å². The van der Waals surface area contributed by atoms with Crippen molar-refractivity contribution in [3.63, 3.8) is 0 Å². The van der Waals surface area contributed by atoms with Crippen molar-refractivity contribution in [1.29, 1.82) is 0 Å². The molecule has 1 amide bonds. The molecule has 1 aromatic rings.